The van der Waals surface area contributed by atoms with E-state index in [0.29, 0.717) is 12.5 Å². The third-order valence-corrected chi connectivity index (χ3v) is 5.17. The van der Waals surface area contributed by atoms with Gasteiger partial charge in [-0.25, -0.2) is 0 Å². The molecule has 2 saturated heterocycles. The quantitative estimate of drug-likeness (QED) is 0.819. The molecule has 4 heteroatoms. The van der Waals surface area contributed by atoms with E-state index < -0.39 is 0 Å². The Kier molecular flexibility index (Phi) is 5.34. The lowest BCUT2D eigenvalue weighted by molar-refractivity contribution is -0.160. The largest absolute Gasteiger partial charge is 0.465 e. The smallest absolute Gasteiger partial charge is 0.314 e. The zero-order valence-electron chi connectivity index (χ0n) is 14.1. The summed E-state index contributed by atoms with van der Waals surface area (Å²) in [5.41, 5.74) is 1.11. The number of carbonyl (C=O) groups excluding carboxylic acids is 1. The van der Waals surface area contributed by atoms with E-state index in [1.807, 2.05) is 6.92 Å². The van der Waals surface area contributed by atoms with Crippen LogP contribution in [0.25, 0.3) is 0 Å². The molecule has 2 aliphatic rings. The van der Waals surface area contributed by atoms with Crippen LogP contribution in [0.5, 0.6) is 0 Å². The second kappa shape index (κ2) is 7.45. The van der Waals surface area contributed by atoms with Crippen LogP contribution in [-0.2, 0) is 16.1 Å². The Balaban J connectivity index is 1.57. The number of nitrogens with zero attached hydrogens (tertiary/aromatic N) is 1. The fraction of sp³-hybridized carbons (Fsp3) is 0.632. The molecule has 23 heavy (non-hydrogen) atoms. The van der Waals surface area contributed by atoms with E-state index in [1.165, 1.54) is 18.4 Å². The first-order valence-corrected chi connectivity index (χ1v) is 8.86. The monoisotopic (exact) mass is 316 g/mol. The number of ether oxygens (including phenoxy) is 1. The van der Waals surface area contributed by atoms with E-state index in [4.69, 9.17) is 4.74 Å². The van der Waals surface area contributed by atoms with Gasteiger partial charge in [-0.05, 0) is 44.2 Å². The predicted octanol–water partition coefficient (Wildman–Crippen LogP) is 2.44. The van der Waals surface area contributed by atoms with Crippen molar-refractivity contribution in [3.8, 4) is 0 Å². The van der Waals surface area contributed by atoms with Gasteiger partial charge in [0.25, 0.3) is 0 Å². The van der Waals surface area contributed by atoms with Crippen LogP contribution < -0.4 is 5.32 Å². The fourth-order valence-electron chi connectivity index (χ4n) is 3.94. The number of benzene rings is 1. The molecule has 1 aromatic rings. The molecule has 0 amide bonds. The van der Waals surface area contributed by atoms with E-state index >= 15 is 0 Å². The number of nitrogens with one attached hydrogen (secondary N) is 1. The molecular weight excluding hydrogens is 288 g/mol. The van der Waals surface area contributed by atoms with Crippen LogP contribution >= 0.6 is 0 Å². The highest BCUT2D eigenvalue weighted by Gasteiger charge is 2.47. The average molecular weight is 316 g/mol. The summed E-state index contributed by atoms with van der Waals surface area (Å²) in [6.45, 7) is 7.20. The van der Waals surface area contributed by atoms with Crippen molar-refractivity contribution in [2.75, 3.05) is 32.8 Å². The minimum atomic E-state index is -0.267. The van der Waals surface area contributed by atoms with Gasteiger partial charge in [0, 0.05) is 26.2 Å². The Labute approximate surface area is 139 Å². The van der Waals surface area contributed by atoms with E-state index in [9.17, 15) is 4.79 Å². The normalized spacial score (nSPS) is 24.0. The Morgan fingerprint density at radius 2 is 2.13 bits per heavy atom. The maximum atomic E-state index is 12.3. The molecule has 1 N–H and O–H groups in total. The van der Waals surface area contributed by atoms with Gasteiger partial charge in [-0.3, -0.25) is 9.69 Å². The van der Waals surface area contributed by atoms with Crippen LogP contribution in [0.1, 0.15) is 31.7 Å². The number of esters is 1. The standard InChI is InChI=1S/C19H28N2O2/c1-2-23-18(22)19(14-20-15-19)11-17-9-6-10-21(13-17)12-16-7-4-3-5-8-16/h3-5,7-8,17,20H,2,6,9-15H2,1H3. The molecule has 0 aliphatic carbocycles. The van der Waals surface area contributed by atoms with Crippen molar-refractivity contribution < 1.29 is 9.53 Å². The molecule has 4 nitrogen and oxygen atoms in total. The zero-order valence-corrected chi connectivity index (χ0v) is 14.1. The number of rotatable bonds is 6. The number of carbonyl (C=O) groups is 1. The number of hydrogen-bond donors (Lipinski definition) is 1. The summed E-state index contributed by atoms with van der Waals surface area (Å²) < 4.78 is 5.32. The molecule has 2 heterocycles. The lowest BCUT2D eigenvalue weighted by Crippen LogP contribution is -2.60. The third-order valence-electron chi connectivity index (χ3n) is 5.17. The highest BCUT2D eigenvalue weighted by atomic mass is 16.5. The van der Waals surface area contributed by atoms with Crippen LogP contribution in [0.4, 0.5) is 0 Å². The van der Waals surface area contributed by atoms with Gasteiger partial charge in [-0.15, -0.1) is 0 Å². The minimum Gasteiger partial charge on any atom is -0.465 e. The van der Waals surface area contributed by atoms with Crippen molar-refractivity contribution in [3.63, 3.8) is 0 Å². The summed E-state index contributed by atoms with van der Waals surface area (Å²) in [7, 11) is 0. The van der Waals surface area contributed by atoms with Gasteiger partial charge in [0.1, 0.15) is 0 Å². The third kappa shape index (κ3) is 3.93. The maximum absolute atomic E-state index is 12.3. The number of hydrogen-bond acceptors (Lipinski definition) is 4. The molecule has 0 spiro atoms. The van der Waals surface area contributed by atoms with Gasteiger partial charge in [-0.2, -0.15) is 0 Å². The molecule has 1 aromatic carbocycles. The summed E-state index contributed by atoms with van der Waals surface area (Å²) in [4.78, 5) is 14.9. The Hall–Kier alpha value is -1.39. The molecule has 1 atom stereocenters. The summed E-state index contributed by atoms with van der Waals surface area (Å²) in [5.74, 6) is 0.595. The molecule has 0 aromatic heterocycles. The first kappa shape index (κ1) is 16.5. The molecule has 126 valence electrons. The summed E-state index contributed by atoms with van der Waals surface area (Å²) in [6, 6.07) is 10.7. The Morgan fingerprint density at radius 3 is 2.78 bits per heavy atom. The van der Waals surface area contributed by atoms with E-state index in [-0.39, 0.29) is 11.4 Å². The minimum absolute atomic E-state index is 0.000988. The molecule has 0 radical (unpaired) electrons. The molecular formula is C19H28N2O2. The molecule has 2 fully saturated rings. The Bertz CT molecular complexity index is 513. The van der Waals surface area contributed by atoms with Crippen LogP contribution in [-0.4, -0.2) is 43.7 Å². The SMILES string of the molecule is CCOC(=O)C1(CC2CCCN(Cc3ccccc3)C2)CNC1. The lowest BCUT2D eigenvalue weighted by Gasteiger charge is -2.44. The van der Waals surface area contributed by atoms with E-state index in [2.05, 4.69) is 40.5 Å². The van der Waals surface area contributed by atoms with Crippen molar-refractivity contribution in [2.24, 2.45) is 11.3 Å². The number of likely N-dealkylation sites (tertiary alicyclic amines) is 1. The first-order valence-electron chi connectivity index (χ1n) is 8.86. The van der Waals surface area contributed by atoms with Crippen LogP contribution in [0.3, 0.4) is 0 Å². The molecule has 0 saturated carbocycles. The summed E-state index contributed by atoms with van der Waals surface area (Å²) in [5, 5.41) is 3.27. The fourth-order valence-corrected chi connectivity index (χ4v) is 3.94. The maximum Gasteiger partial charge on any atom is 0.314 e. The van der Waals surface area contributed by atoms with Gasteiger partial charge in [0.2, 0.25) is 0 Å². The second-order valence-electron chi connectivity index (χ2n) is 7.04. The van der Waals surface area contributed by atoms with Crippen molar-refractivity contribution in [3.05, 3.63) is 35.9 Å². The second-order valence-corrected chi connectivity index (χ2v) is 7.04. The topological polar surface area (TPSA) is 41.6 Å². The average Bonchev–Trinajstić information content (AvgIpc) is 2.52. The number of piperidine rings is 1. The molecule has 2 aliphatic heterocycles. The van der Waals surface area contributed by atoms with Crippen LogP contribution in [0.2, 0.25) is 0 Å². The highest BCUT2D eigenvalue weighted by Crippen LogP contribution is 2.36. The highest BCUT2D eigenvalue weighted by molar-refractivity contribution is 5.78. The summed E-state index contributed by atoms with van der Waals surface area (Å²) in [6.07, 6.45) is 3.42. The van der Waals surface area contributed by atoms with Crippen molar-refractivity contribution in [1.29, 1.82) is 0 Å². The van der Waals surface area contributed by atoms with Crippen LogP contribution in [0, 0.1) is 11.3 Å². The van der Waals surface area contributed by atoms with Crippen molar-refractivity contribution in [2.45, 2.75) is 32.7 Å². The van der Waals surface area contributed by atoms with Gasteiger partial charge >= 0.3 is 5.97 Å². The van der Waals surface area contributed by atoms with Crippen LogP contribution in [0.15, 0.2) is 30.3 Å². The predicted molar refractivity (Wildman–Crippen MR) is 91.0 cm³/mol. The van der Waals surface area contributed by atoms with Gasteiger partial charge in [0.15, 0.2) is 0 Å². The zero-order chi connectivity index (χ0) is 16.1. The lowest BCUT2D eigenvalue weighted by atomic mass is 9.72. The van der Waals surface area contributed by atoms with Crippen molar-refractivity contribution in [1.82, 2.24) is 10.2 Å². The van der Waals surface area contributed by atoms with E-state index in [1.54, 1.807) is 0 Å². The van der Waals surface area contributed by atoms with Gasteiger partial charge in [-0.1, -0.05) is 30.3 Å². The van der Waals surface area contributed by atoms with Gasteiger partial charge in [0.05, 0.1) is 12.0 Å². The molecule has 1 unspecified atom stereocenters. The van der Waals surface area contributed by atoms with Gasteiger partial charge < -0.3 is 10.1 Å². The molecule has 0 bridgehead atoms. The Morgan fingerprint density at radius 1 is 1.35 bits per heavy atom. The van der Waals surface area contributed by atoms with Crippen molar-refractivity contribution >= 4 is 5.97 Å². The first-order chi connectivity index (χ1) is 11.2. The van der Waals surface area contributed by atoms with E-state index in [0.717, 1.165) is 39.1 Å². The molecule has 3 rings (SSSR count). The summed E-state index contributed by atoms with van der Waals surface area (Å²) >= 11 is 0.